The lowest BCUT2D eigenvalue weighted by Gasteiger charge is -2.27. The van der Waals surface area contributed by atoms with E-state index in [0.717, 1.165) is 18.4 Å². The van der Waals surface area contributed by atoms with Crippen molar-refractivity contribution in [2.45, 2.75) is 57.1 Å². The van der Waals surface area contributed by atoms with Crippen molar-refractivity contribution in [3.8, 4) is 0 Å². The van der Waals surface area contributed by atoms with Crippen molar-refractivity contribution in [1.82, 2.24) is 14.5 Å². The minimum atomic E-state index is -0.132. The van der Waals surface area contributed by atoms with Gasteiger partial charge in [0, 0.05) is 24.2 Å². The van der Waals surface area contributed by atoms with Crippen LogP contribution in [0.5, 0.6) is 0 Å². The highest BCUT2D eigenvalue weighted by molar-refractivity contribution is 7.99. The SMILES string of the molecule is CC(C)N(Cc1ccccc1)C(=O)CSc1nc2cc(Cl)ccc2c(=O)n1C[C@@H]1CCCO1. The van der Waals surface area contributed by atoms with Gasteiger partial charge in [0.2, 0.25) is 5.91 Å². The molecule has 1 aliphatic heterocycles. The van der Waals surface area contributed by atoms with Crippen LogP contribution in [0.25, 0.3) is 10.9 Å². The number of hydrogen-bond acceptors (Lipinski definition) is 5. The number of benzene rings is 2. The summed E-state index contributed by atoms with van der Waals surface area (Å²) in [5.74, 6) is 0.192. The third kappa shape index (κ3) is 5.78. The number of amides is 1. The van der Waals surface area contributed by atoms with Crippen LogP contribution < -0.4 is 5.56 Å². The second kappa shape index (κ2) is 10.7. The first-order valence-electron chi connectivity index (χ1n) is 11.2. The van der Waals surface area contributed by atoms with Crippen molar-refractivity contribution < 1.29 is 9.53 Å². The van der Waals surface area contributed by atoms with Crippen LogP contribution in [0.3, 0.4) is 0 Å². The van der Waals surface area contributed by atoms with Gasteiger partial charge in [-0.25, -0.2) is 4.98 Å². The topological polar surface area (TPSA) is 64.4 Å². The molecule has 0 aliphatic carbocycles. The molecular formula is C25H28ClN3O3S. The lowest BCUT2D eigenvalue weighted by molar-refractivity contribution is -0.130. The summed E-state index contributed by atoms with van der Waals surface area (Å²) >= 11 is 7.44. The Morgan fingerprint density at radius 2 is 2.06 bits per heavy atom. The van der Waals surface area contributed by atoms with E-state index in [0.29, 0.717) is 40.8 Å². The molecule has 33 heavy (non-hydrogen) atoms. The maximum atomic E-state index is 13.3. The molecule has 2 heterocycles. The van der Waals surface area contributed by atoms with E-state index < -0.39 is 0 Å². The number of carbonyl (C=O) groups excluding carboxylic acids is 1. The number of hydrogen-bond donors (Lipinski definition) is 0. The zero-order valence-electron chi connectivity index (χ0n) is 18.9. The number of rotatable bonds is 8. The first-order chi connectivity index (χ1) is 15.9. The highest BCUT2D eigenvalue weighted by atomic mass is 35.5. The molecule has 0 spiro atoms. The van der Waals surface area contributed by atoms with Crippen molar-refractivity contribution in [1.29, 1.82) is 0 Å². The number of fused-ring (bicyclic) bond motifs is 1. The lowest BCUT2D eigenvalue weighted by atomic mass is 10.2. The molecule has 0 N–H and O–H groups in total. The number of carbonyl (C=O) groups is 1. The Morgan fingerprint density at radius 1 is 1.27 bits per heavy atom. The van der Waals surface area contributed by atoms with Crippen LogP contribution in [0.15, 0.2) is 58.5 Å². The van der Waals surface area contributed by atoms with Gasteiger partial charge in [-0.05, 0) is 50.5 Å². The van der Waals surface area contributed by atoms with Gasteiger partial charge < -0.3 is 9.64 Å². The average Bonchev–Trinajstić information content (AvgIpc) is 3.31. The zero-order chi connectivity index (χ0) is 23.4. The highest BCUT2D eigenvalue weighted by Crippen LogP contribution is 2.23. The predicted octanol–water partition coefficient (Wildman–Crippen LogP) is 4.76. The minimum Gasteiger partial charge on any atom is -0.376 e. The summed E-state index contributed by atoms with van der Waals surface area (Å²) in [5.41, 5.74) is 1.49. The van der Waals surface area contributed by atoms with Gasteiger partial charge in [-0.3, -0.25) is 14.2 Å². The van der Waals surface area contributed by atoms with E-state index in [1.54, 1.807) is 22.8 Å². The van der Waals surface area contributed by atoms with Gasteiger partial charge in [-0.2, -0.15) is 0 Å². The monoisotopic (exact) mass is 485 g/mol. The van der Waals surface area contributed by atoms with Crippen LogP contribution >= 0.6 is 23.4 Å². The molecule has 0 saturated carbocycles. The Hall–Kier alpha value is -2.35. The summed E-state index contributed by atoms with van der Waals surface area (Å²) in [6.45, 7) is 5.70. The number of nitrogens with zero attached hydrogens (tertiary/aromatic N) is 3. The summed E-state index contributed by atoms with van der Waals surface area (Å²) in [7, 11) is 0. The normalized spacial score (nSPS) is 15.9. The summed E-state index contributed by atoms with van der Waals surface area (Å²) in [5, 5.41) is 1.55. The van der Waals surface area contributed by atoms with Gasteiger partial charge >= 0.3 is 0 Å². The Balaban J connectivity index is 1.59. The van der Waals surface area contributed by atoms with Gasteiger partial charge in [-0.1, -0.05) is 53.7 Å². The predicted molar refractivity (Wildman–Crippen MR) is 133 cm³/mol. The second-order valence-corrected chi connectivity index (χ2v) is 9.88. The quantitative estimate of drug-likeness (QED) is 0.340. The zero-order valence-corrected chi connectivity index (χ0v) is 20.4. The smallest absolute Gasteiger partial charge is 0.262 e. The molecule has 1 amide bonds. The largest absolute Gasteiger partial charge is 0.376 e. The van der Waals surface area contributed by atoms with Gasteiger partial charge in [0.15, 0.2) is 5.16 Å². The van der Waals surface area contributed by atoms with Crippen LogP contribution in [0.4, 0.5) is 0 Å². The Labute approximate surface area is 202 Å². The summed E-state index contributed by atoms with van der Waals surface area (Å²) in [6, 6.07) is 15.1. The second-order valence-electron chi connectivity index (χ2n) is 8.50. The van der Waals surface area contributed by atoms with E-state index in [4.69, 9.17) is 21.3 Å². The molecule has 1 aliphatic rings. The molecule has 1 saturated heterocycles. The summed E-state index contributed by atoms with van der Waals surface area (Å²) in [4.78, 5) is 33.0. The van der Waals surface area contributed by atoms with Gasteiger partial charge in [0.1, 0.15) is 0 Å². The number of aromatic nitrogens is 2. The Kier molecular flexibility index (Phi) is 7.73. The highest BCUT2D eigenvalue weighted by Gasteiger charge is 2.22. The Bertz CT molecular complexity index is 1180. The maximum absolute atomic E-state index is 13.3. The molecule has 0 radical (unpaired) electrons. The van der Waals surface area contributed by atoms with Crippen LogP contribution in [0, 0.1) is 0 Å². The standard InChI is InChI=1S/C25H28ClN3O3S/c1-17(2)28(14-18-7-4-3-5-8-18)23(30)16-33-25-27-22-13-19(26)10-11-21(22)24(31)29(25)15-20-9-6-12-32-20/h3-5,7-8,10-11,13,17,20H,6,9,12,14-16H2,1-2H3/t20-/m0/s1. The van der Waals surface area contributed by atoms with Crippen LogP contribution in [0.1, 0.15) is 32.3 Å². The van der Waals surface area contributed by atoms with Gasteiger partial charge in [0.05, 0.1) is 29.3 Å². The molecule has 1 fully saturated rings. The van der Waals surface area contributed by atoms with E-state index in [2.05, 4.69) is 0 Å². The van der Waals surface area contributed by atoms with Crippen LogP contribution in [0.2, 0.25) is 5.02 Å². The summed E-state index contributed by atoms with van der Waals surface area (Å²) in [6.07, 6.45) is 1.88. The molecule has 8 heteroatoms. The number of ether oxygens (including phenoxy) is 1. The van der Waals surface area contributed by atoms with Crippen molar-refractivity contribution >= 4 is 40.2 Å². The fourth-order valence-electron chi connectivity index (χ4n) is 3.99. The molecule has 4 rings (SSSR count). The van der Waals surface area contributed by atoms with Gasteiger partial charge in [0.25, 0.3) is 5.56 Å². The molecule has 3 aromatic rings. The van der Waals surface area contributed by atoms with E-state index in [1.807, 2.05) is 49.1 Å². The van der Waals surface area contributed by atoms with Crippen molar-refractivity contribution in [2.24, 2.45) is 0 Å². The maximum Gasteiger partial charge on any atom is 0.262 e. The molecule has 0 unspecified atom stereocenters. The molecule has 1 atom stereocenters. The third-order valence-corrected chi connectivity index (χ3v) is 6.95. The minimum absolute atomic E-state index is 0.00274. The van der Waals surface area contributed by atoms with E-state index in [-0.39, 0.29) is 29.4 Å². The van der Waals surface area contributed by atoms with Crippen LogP contribution in [-0.4, -0.2) is 44.9 Å². The van der Waals surface area contributed by atoms with E-state index >= 15 is 0 Å². The van der Waals surface area contributed by atoms with Crippen molar-refractivity contribution in [2.75, 3.05) is 12.4 Å². The van der Waals surface area contributed by atoms with Gasteiger partial charge in [-0.15, -0.1) is 0 Å². The average molecular weight is 486 g/mol. The fraction of sp³-hybridized carbons (Fsp3) is 0.400. The van der Waals surface area contributed by atoms with Crippen LogP contribution in [-0.2, 0) is 22.6 Å². The molecule has 6 nitrogen and oxygen atoms in total. The molecule has 0 bridgehead atoms. The Morgan fingerprint density at radius 3 is 2.76 bits per heavy atom. The third-order valence-electron chi connectivity index (χ3n) is 5.76. The van der Waals surface area contributed by atoms with Crippen molar-refractivity contribution in [3.05, 3.63) is 69.5 Å². The molecule has 2 aromatic carbocycles. The van der Waals surface area contributed by atoms with E-state index in [9.17, 15) is 9.59 Å². The lowest BCUT2D eigenvalue weighted by Crippen LogP contribution is -2.37. The van der Waals surface area contributed by atoms with Crippen molar-refractivity contribution in [3.63, 3.8) is 0 Å². The van der Waals surface area contributed by atoms with E-state index in [1.165, 1.54) is 11.8 Å². The molecular weight excluding hydrogens is 458 g/mol. The first-order valence-corrected chi connectivity index (χ1v) is 12.6. The molecule has 174 valence electrons. The molecule has 1 aromatic heterocycles. The number of halogens is 1. The summed E-state index contributed by atoms with van der Waals surface area (Å²) < 4.78 is 7.42. The first kappa shape index (κ1) is 23.8. The fourth-order valence-corrected chi connectivity index (χ4v) is 5.05. The number of thioether (sulfide) groups is 1.